The number of hydrogen-bond donors (Lipinski definition) is 3. The van der Waals surface area contributed by atoms with Gasteiger partial charge in [-0.1, -0.05) is 0 Å². The minimum atomic E-state index is -0.298. The van der Waals surface area contributed by atoms with Crippen LogP contribution in [-0.2, 0) is 0 Å². The summed E-state index contributed by atoms with van der Waals surface area (Å²) in [7, 11) is 0. The number of hydrogen-bond acceptors (Lipinski definition) is 6. The van der Waals surface area contributed by atoms with Crippen molar-refractivity contribution in [3.63, 3.8) is 0 Å². The standard InChI is InChI=1S/C12H14N6O/c1-7-8(2)17-18-12(14-7)15-11(19)9-3-5-10(16-13)6-4-9/h3-6,16H,13H2,1-2H3,(H,14,15,18,19). The Morgan fingerprint density at radius 3 is 2.37 bits per heavy atom. The summed E-state index contributed by atoms with van der Waals surface area (Å²) in [5.74, 6) is 5.14. The lowest BCUT2D eigenvalue weighted by atomic mass is 10.2. The van der Waals surface area contributed by atoms with Gasteiger partial charge in [0, 0.05) is 11.3 Å². The summed E-state index contributed by atoms with van der Waals surface area (Å²) < 4.78 is 0. The Kier molecular flexibility index (Phi) is 3.67. The molecule has 0 aliphatic heterocycles. The molecule has 0 unspecified atom stereocenters. The number of benzene rings is 1. The van der Waals surface area contributed by atoms with E-state index in [2.05, 4.69) is 25.9 Å². The van der Waals surface area contributed by atoms with Crippen molar-refractivity contribution in [2.75, 3.05) is 10.7 Å². The largest absolute Gasteiger partial charge is 0.324 e. The highest BCUT2D eigenvalue weighted by atomic mass is 16.1. The van der Waals surface area contributed by atoms with Crippen LogP contribution >= 0.6 is 0 Å². The Hall–Kier alpha value is -2.54. The Morgan fingerprint density at radius 2 is 1.79 bits per heavy atom. The number of nitrogens with one attached hydrogen (secondary N) is 2. The number of anilines is 2. The maximum absolute atomic E-state index is 11.9. The van der Waals surface area contributed by atoms with Crippen molar-refractivity contribution in [1.29, 1.82) is 0 Å². The smallest absolute Gasteiger partial charge is 0.258 e. The van der Waals surface area contributed by atoms with Gasteiger partial charge in [0.25, 0.3) is 5.91 Å². The third kappa shape index (κ3) is 3.02. The quantitative estimate of drug-likeness (QED) is 0.560. The molecule has 0 saturated heterocycles. The average Bonchev–Trinajstić information content (AvgIpc) is 2.43. The predicted octanol–water partition coefficient (Wildman–Crippen LogP) is 1.03. The van der Waals surface area contributed by atoms with E-state index in [1.54, 1.807) is 38.1 Å². The third-order valence-electron chi connectivity index (χ3n) is 2.63. The van der Waals surface area contributed by atoms with Crippen LogP contribution in [0.4, 0.5) is 11.6 Å². The first-order chi connectivity index (χ1) is 9.10. The summed E-state index contributed by atoms with van der Waals surface area (Å²) in [6.45, 7) is 3.61. The minimum Gasteiger partial charge on any atom is -0.324 e. The molecular weight excluding hydrogens is 244 g/mol. The molecule has 1 aromatic heterocycles. The monoisotopic (exact) mass is 258 g/mol. The number of carbonyl (C=O) groups is 1. The molecule has 1 aromatic carbocycles. The first-order valence-electron chi connectivity index (χ1n) is 5.66. The third-order valence-corrected chi connectivity index (χ3v) is 2.63. The van der Waals surface area contributed by atoms with Crippen LogP contribution in [0.1, 0.15) is 21.7 Å². The Labute approximate surface area is 110 Å². The number of nitrogens with two attached hydrogens (primary N) is 1. The van der Waals surface area contributed by atoms with Gasteiger partial charge >= 0.3 is 0 Å². The maximum atomic E-state index is 11.9. The van der Waals surface area contributed by atoms with Crippen LogP contribution < -0.4 is 16.6 Å². The number of amides is 1. The number of hydrazine groups is 1. The van der Waals surface area contributed by atoms with Crippen molar-refractivity contribution >= 4 is 17.5 Å². The van der Waals surface area contributed by atoms with Crippen LogP contribution in [0, 0.1) is 13.8 Å². The van der Waals surface area contributed by atoms with Crippen molar-refractivity contribution in [2.45, 2.75) is 13.8 Å². The topological polar surface area (TPSA) is 106 Å². The van der Waals surface area contributed by atoms with Gasteiger partial charge in [-0.3, -0.25) is 16.0 Å². The first kappa shape index (κ1) is 12.9. The van der Waals surface area contributed by atoms with Crippen LogP contribution in [0.15, 0.2) is 24.3 Å². The highest BCUT2D eigenvalue weighted by molar-refractivity contribution is 6.03. The van der Waals surface area contributed by atoms with Gasteiger partial charge in [-0.25, -0.2) is 4.98 Å². The molecule has 1 heterocycles. The van der Waals surface area contributed by atoms with E-state index in [1.807, 2.05) is 0 Å². The molecule has 0 aliphatic rings. The predicted molar refractivity (Wildman–Crippen MR) is 71.5 cm³/mol. The molecule has 0 saturated carbocycles. The molecule has 7 heteroatoms. The summed E-state index contributed by atoms with van der Waals surface area (Å²) >= 11 is 0. The fraction of sp³-hybridized carbons (Fsp3) is 0.167. The van der Waals surface area contributed by atoms with Gasteiger partial charge in [-0.15, -0.1) is 5.10 Å². The second-order valence-electron chi connectivity index (χ2n) is 3.98. The fourth-order valence-electron chi connectivity index (χ4n) is 1.40. The molecule has 0 aliphatic carbocycles. The molecule has 0 bridgehead atoms. The molecule has 4 N–H and O–H groups in total. The van der Waals surface area contributed by atoms with Gasteiger partial charge in [0.15, 0.2) is 0 Å². The molecule has 0 radical (unpaired) electrons. The molecule has 2 rings (SSSR count). The number of nitrogen functional groups attached to an aromatic ring is 1. The van der Waals surface area contributed by atoms with E-state index >= 15 is 0 Å². The van der Waals surface area contributed by atoms with E-state index in [0.29, 0.717) is 5.56 Å². The summed E-state index contributed by atoms with van der Waals surface area (Å²) in [6.07, 6.45) is 0. The average molecular weight is 258 g/mol. The van der Waals surface area contributed by atoms with E-state index in [0.717, 1.165) is 17.1 Å². The van der Waals surface area contributed by atoms with Gasteiger partial charge < -0.3 is 5.43 Å². The number of carbonyl (C=O) groups excluding carboxylic acids is 1. The first-order valence-corrected chi connectivity index (χ1v) is 5.66. The Balaban J connectivity index is 2.13. The van der Waals surface area contributed by atoms with E-state index in [4.69, 9.17) is 5.84 Å². The van der Waals surface area contributed by atoms with E-state index < -0.39 is 0 Å². The summed E-state index contributed by atoms with van der Waals surface area (Å²) in [5.41, 5.74) is 5.16. The minimum absolute atomic E-state index is 0.189. The van der Waals surface area contributed by atoms with Gasteiger partial charge in [0.2, 0.25) is 5.95 Å². The molecule has 0 atom stereocenters. The van der Waals surface area contributed by atoms with Gasteiger partial charge in [-0.05, 0) is 38.1 Å². The zero-order valence-corrected chi connectivity index (χ0v) is 10.6. The van der Waals surface area contributed by atoms with Crippen molar-refractivity contribution < 1.29 is 4.79 Å². The number of nitrogens with zero attached hydrogens (tertiary/aromatic N) is 3. The second-order valence-corrected chi connectivity index (χ2v) is 3.98. The lowest BCUT2D eigenvalue weighted by Crippen LogP contribution is -2.16. The van der Waals surface area contributed by atoms with Crippen LogP contribution in [-0.4, -0.2) is 21.1 Å². The molecule has 19 heavy (non-hydrogen) atoms. The zero-order valence-electron chi connectivity index (χ0n) is 10.6. The highest BCUT2D eigenvalue weighted by Crippen LogP contribution is 2.10. The van der Waals surface area contributed by atoms with E-state index in [1.165, 1.54) is 0 Å². The lowest BCUT2D eigenvalue weighted by Gasteiger charge is -2.05. The van der Waals surface area contributed by atoms with Crippen molar-refractivity contribution in [3.8, 4) is 0 Å². The Bertz CT molecular complexity index is 596. The van der Waals surface area contributed by atoms with Crippen LogP contribution in [0.2, 0.25) is 0 Å². The summed E-state index contributed by atoms with van der Waals surface area (Å²) in [6, 6.07) is 6.71. The molecule has 7 nitrogen and oxygen atoms in total. The highest BCUT2D eigenvalue weighted by Gasteiger charge is 2.09. The number of aromatic nitrogens is 3. The van der Waals surface area contributed by atoms with Crippen LogP contribution in [0.25, 0.3) is 0 Å². The molecule has 0 spiro atoms. The lowest BCUT2D eigenvalue weighted by molar-refractivity contribution is 0.102. The number of rotatable bonds is 3. The Morgan fingerprint density at radius 1 is 1.11 bits per heavy atom. The summed E-state index contributed by atoms with van der Waals surface area (Å²) in [5, 5.41) is 10.3. The molecule has 2 aromatic rings. The molecule has 0 fully saturated rings. The maximum Gasteiger partial charge on any atom is 0.258 e. The molecular formula is C12H14N6O. The van der Waals surface area contributed by atoms with Crippen molar-refractivity contribution in [2.24, 2.45) is 5.84 Å². The van der Waals surface area contributed by atoms with Gasteiger partial charge in [-0.2, -0.15) is 5.10 Å². The normalized spacial score (nSPS) is 10.1. The van der Waals surface area contributed by atoms with E-state index in [-0.39, 0.29) is 11.9 Å². The molecule has 98 valence electrons. The van der Waals surface area contributed by atoms with Crippen molar-refractivity contribution in [3.05, 3.63) is 41.2 Å². The van der Waals surface area contributed by atoms with Crippen LogP contribution in [0.5, 0.6) is 0 Å². The van der Waals surface area contributed by atoms with Crippen LogP contribution in [0.3, 0.4) is 0 Å². The SMILES string of the molecule is Cc1nnc(NC(=O)c2ccc(NN)cc2)nc1C. The van der Waals surface area contributed by atoms with Gasteiger partial charge in [0.1, 0.15) is 0 Å². The summed E-state index contributed by atoms with van der Waals surface area (Å²) in [4.78, 5) is 16.1. The number of aryl methyl sites for hydroxylation is 2. The van der Waals surface area contributed by atoms with E-state index in [9.17, 15) is 4.79 Å². The second kappa shape index (κ2) is 5.40. The zero-order chi connectivity index (χ0) is 13.8. The van der Waals surface area contributed by atoms with Gasteiger partial charge in [0.05, 0.1) is 11.4 Å². The van der Waals surface area contributed by atoms with Crippen molar-refractivity contribution in [1.82, 2.24) is 15.2 Å². The fourth-order valence-corrected chi connectivity index (χ4v) is 1.40. The molecule has 1 amide bonds.